The lowest BCUT2D eigenvalue weighted by Gasteiger charge is -2.46. The number of fused-ring (bicyclic) bond motifs is 1. The summed E-state index contributed by atoms with van der Waals surface area (Å²) in [5.74, 6) is 7.84. The number of rotatable bonds is 2. The van der Waals surface area contributed by atoms with Gasteiger partial charge >= 0.3 is 0 Å². The van der Waals surface area contributed by atoms with Crippen LogP contribution in [-0.2, 0) is 0 Å². The number of hydrazine groups is 1. The maximum atomic E-state index is 5.74. The van der Waals surface area contributed by atoms with E-state index in [1.165, 1.54) is 25.8 Å². The van der Waals surface area contributed by atoms with Crippen molar-refractivity contribution >= 4 is 17.6 Å². The summed E-state index contributed by atoms with van der Waals surface area (Å²) in [6.07, 6.45) is 3.76. The van der Waals surface area contributed by atoms with E-state index in [1.807, 2.05) is 6.07 Å². The topological polar surface area (TPSA) is 96.3 Å². The summed E-state index contributed by atoms with van der Waals surface area (Å²) in [4.78, 5) is 13.2. The molecule has 20 heavy (non-hydrogen) atoms. The average Bonchev–Trinajstić information content (AvgIpc) is 2.46. The summed E-state index contributed by atoms with van der Waals surface area (Å²) in [7, 11) is 2.24. The summed E-state index contributed by atoms with van der Waals surface area (Å²) in [5.41, 5.74) is 8.29. The van der Waals surface area contributed by atoms with Gasteiger partial charge < -0.3 is 21.0 Å². The van der Waals surface area contributed by atoms with Gasteiger partial charge in [-0.25, -0.2) is 5.84 Å². The van der Waals surface area contributed by atoms with E-state index >= 15 is 0 Å². The number of anilines is 3. The zero-order chi connectivity index (χ0) is 14.1. The van der Waals surface area contributed by atoms with Gasteiger partial charge in [0.1, 0.15) is 11.6 Å². The molecular formula is C13H23N7. The van der Waals surface area contributed by atoms with Crippen molar-refractivity contribution in [1.82, 2.24) is 14.9 Å². The molecule has 0 aliphatic carbocycles. The highest BCUT2D eigenvalue weighted by molar-refractivity contribution is 5.52. The summed E-state index contributed by atoms with van der Waals surface area (Å²) in [6.45, 7) is 3.27. The molecule has 7 nitrogen and oxygen atoms in total. The molecule has 3 rings (SSSR count). The molecule has 0 saturated carbocycles. The minimum absolute atomic E-state index is 0.262. The van der Waals surface area contributed by atoms with E-state index in [0.29, 0.717) is 17.8 Å². The van der Waals surface area contributed by atoms with E-state index in [-0.39, 0.29) is 5.95 Å². The summed E-state index contributed by atoms with van der Waals surface area (Å²) in [5, 5.41) is 0. The van der Waals surface area contributed by atoms with Crippen LogP contribution in [0.3, 0.4) is 0 Å². The highest BCUT2D eigenvalue weighted by Crippen LogP contribution is 2.31. The van der Waals surface area contributed by atoms with Crippen molar-refractivity contribution in [2.24, 2.45) is 11.8 Å². The van der Waals surface area contributed by atoms with E-state index < -0.39 is 0 Å². The van der Waals surface area contributed by atoms with Crippen molar-refractivity contribution in [1.29, 1.82) is 0 Å². The van der Waals surface area contributed by atoms with Crippen LogP contribution in [0.5, 0.6) is 0 Å². The second-order valence-electron chi connectivity index (χ2n) is 5.80. The molecule has 0 aromatic carbocycles. The molecule has 3 heterocycles. The number of nitrogens with zero attached hydrogens (tertiary/aromatic N) is 4. The molecule has 0 amide bonds. The molecule has 0 radical (unpaired) electrons. The van der Waals surface area contributed by atoms with Gasteiger partial charge in [0.15, 0.2) is 0 Å². The largest absolute Gasteiger partial charge is 0.368 e. The van der Waals surface area contributed by atoms with Gasteiger partial charge in [-0.1, -0.05) is 0 Å². The SMILES string of the molecule is CN1CCCC2CN(c3cc(NN)nc(N)n3)CCC21. The van der Waals surface area contributed by atoms with Crippen LogP contribution in [0.2, 0.25) is 0 Å². The molecule has 1 aromatic rings. The van der Waals surface area contributed by atoms with Gasteiger partial charge in [0, 0.05) is 25.2 Å². The van der Waals surface area contributed by atoms with Gasteiger partial charge in [0.2, 0.25) is 5.95 Å². The Labute approximate surface area is 119 Å². The highest BCUT2D eigenvalue weighted by Gasteiger charge is 2.34. The van der Waals surface area contributed by atoms with Gasteiger partial charge in [-0.3, -0.25) is 0 Å². The molecule has 2 atom stereocenters. The number of nitrogens with two attached hydrogens (primary N) is 2. The van der Waals surface area contributed by atoms with Gasteiger partial charge in [0.05, 0.1) is 0 Å². The maximum Gasteiger partial charge on any atom is 0.223 e. The number of piperidine rings is 2. The molecule has 1 aromatic heterocycles. The number of likely N-dealkylation sites (tertiary alicyclic amines) is 1. The third-order valence-electron chi connectivity index (χ3n) is 4.55. The van der Waals surface area contributed by atoms with E-state index in [0.717, 1.165) is 18.9 Å². The molecular weight excluding hydrogens is 254 g/mol. The zero-order valence-electron chi connectivity index (χ0n) is 11.9. The summed E-state index contributed by atoms with van der Waals surface area (Å²) < 4.78 is 0. The van der Waals surface area contributed by atoms with Gasteiger partial charge in [-0.2, -0.15) is 9.97 Å². The first-order valence-corrected chi connectivity index (χ1v) is 7.23. The lowest BCUT2D eigenvalue weighted by Crippen LogP contribution is -2.53. The van der Waals surface area contributed by atoms with Crippen LogP contribution in [0, 0.1) is 5.92 Å². The zero-order valence-corrected chi connectivity index (χ0v) is 11.9. The van der Waals surface area contributed by atoms with Crippen LogP contribution in [0.1, 0.15) is 19.3 Å². The third-order valence-corrected chi connectivity index (χ3v) is 4.55. The average molecular weight is 277 g/mol. The van der Waals surface area contributed by atoms with Crippen LogP contribution < -0.4 is 21.9 Å². The molecule has 2 aliphatic heterocycles. The number of nitrogens with one attached hydrogen (secondary N) is 1. The van der Waals surface area contributed by atoms with Crippen LogP contribution in [0.4, 0.5) is 17.6 Å². The molecule has 5 N–H and O–H groups in total. The number of nitrogen functional groups attached to an aromatic ring is 2. The Balaban J connectivity index is 1.77. The predicted molar refractivity (Wildman–Crippen MR) is 80.2 cm³/mol. The molecule has 2 aliphatic rings. The lowest BCUT2D eigenvalue weighted by atomic mass is 9.84. The Kier molecular flexibility index (Phi) is 3.62. The molecule has 0 spiro atoms. The minimum atomic E-state index is 0.262. The number of aromatic nitrogens is 2. The summed E-state index contributed by atoms with van der Waals surface area (Å²) in [6, 6.07) is 2.58. The molecule has 0 bridgehead atoms. The maximum absolute atomic E-state index is 5.74. The third kappa shape index (κ3) is 2.51. The van der Waals surface area contributed by atoms with E-state index in [1.54, 1.807) is 0 Å². The van der Waals surface area contributed by atoms with Crippen molar-refractivity contribution < 1.29 is 0 Å². The van der Waals surface area contributed by atoms with Crippen LogP contribution in [-0.4, -0.2) is 47.6 Å². The summed E-state index contributed by atoms with van der Waals surface area (Å²) >= 11 is 0. The Morgan fingerprint density at radius 3 is 2.95 bits per heavy atom. The van der Waals surface area contributed by atoms with Crippen molar-refractivity contribution in [2.45, 2.75) is 25.3 Å². The highest BCUT2D eigenvalue weighted by atomic mass is 15.3. The Bertz CT molecular complexity index is 478. The van der Waals surface area contributed by atoms with Gasteiger partial charge in [-0.05, 0) is 38.8 Å². The quantitative estimate of drug-likeness (QED) is 0.527. The Morgan fingerprint density at radius 1 is 1.30 bits per heavy atom. The normalized spacial score (nSPS) is 27.2. The first-order chi connectivity index (χ1) is 9.67. The second kappa shape index (κ2) is 5.41. The molecule has 7 heteroatoms. The number of hydrogen-bond donors (Lipinski definition) is 3. The first kappa shape index (κ1) is 13.4. The van der Waals surface area contributed by atoms with Gasteiger partial charge in [0.25, 0.3) is 0 Å². The van der Waals surface area contributed by atoms with Crippen molar-refractivity contribution in [3.8, 4) is 0 Å². The van der Waals surface area contributed by atoms with Crippen LogP contribution >= 0.6 is 0 Å². The van der Waals surface area contributed by atoms with E-state index in [4.69, 9.17) is 11.6 Å². The smallest absolute Gasteiger partial charge is 0.223 e. The van der Waals surface area contributed by atoms with E-state index in [2.05, 4.69) is 32.2 Å². The lowest BCUT2D eigenvalue weighted by molar-refractivity contribution is 0.102. The fourth-order valence-electron chi connectivity index (χ4n) is 3.55. The standard InChI is InChI=1S/C13H23N7/c1-19-5-2-3-9-8-20(6-4-10(9)19)12-7-11(18-15)16-13(14)17-12/h7,9-10H,2-6,8,15H2,1H3,(H3,14,16,17,18). The number of hydrogen-bond acceptors (Lipinski definition) is 7. The fraction of sp³-hybridized carbons (Fsp3) is 0.692. The molecule has 2 saturated heterocycles. The molecule has 2 fully saturated rings. The van der Waals surface area contributed by atoms with Gasteiger partial charge in [-0.15, -0.1) is 0 Å². The van der Waals surface area contributed by atoms with Crippen molar-refractivity contribution in [2.75, 3.05) is 42.7 Å². The second-order valence-corrected chi connectivity index (χ2v) is 5.80. The molecule has 110 valence electrons. The van der Waals surface area contributed by atoms with Crippen molar-refractivity contribution in [3.05, 3.63) is 6.07 Å². The minimum Gasteiger partial charge on any atom is -0.368 e. The van der Waals surface area contributed by atoms with Crippen LogP contribution in [0.15, 0.2) is 6.07 Å². The first-order valence-electron chi connectivity index (χ1n) is 7.23. The monoisotopic (exact) mass is 277 g/mol. The van der Waals surface area contributed by atoms with Crippen molar-refractivity contribution in [3.63, 3.8) is 0 Å². The fourth-order valence-corrected chi connectivity index (χ4v) is 3.55. The van der Waals surface area contributed by atoms with Crippen LogP contribution in [0.25, 0.3) is 0 Å². The predicted octanol–water partition coefficient (Wildman–Crippen LogP) is 0.265. The molecule has 2 unspecified atom stereocenters. The van der Waals surface area contributed by atoms with E-state index in [9.17, 15) is 0 Å². The Hall–Kier alpha value is -1.60. The Morgan fingerprint density at radius 2 is 2.15 bits per heavy atom.